The van der Waals surface area contributed by atoms with Crippen LogP contribution >= 0.6 is 0 Å². The van der Waals surface area contributed by atoms with Crippen molar-refractivity contribution in [1.29, 1.82) is 0 Å². The summed E-state index contributed by atoms with van der Waals surface area (Å²) >= 11 is 0. The van der Waals surface area contributed by atoms with E-state index in [1.807, 2.05) is 12.1 Å². The molecule has 0 saturated heterocycles. The van der Waals surface area contributed by atoms with Gasteiger partial charge in [-0.2, -0.15) is 0 Å². The largest absolute Gasteiger partial charge is 0.456 e. The number of para-hydroxylation sites is 2. The van der Waals surface area contributed by atoms with Crippen LogP contribution in [0.3, 0.4) is 0 Å². The van der Waals surface area contributed by atoms with Crippen LogP contribution in [0.25, 0.3) is 93.6 Å². The van der Waals surface area contributed by atoms with E-state index < -0.39 is 0 Å². The first-order chi connectivity index (χ1) is 30.2. The van der Waals surface area contributed by atoms with E-state index in [0.29, 0.717) is 0 Å². The number of hydrogen-bond acceptors (Lipinski definition) is 2. The lowest BCUT2D eigenvalue weighted by molar-refractivity contribution is 0.669. The molecule has 0 aliphatic rings. The smallest absolute Gasteiger partial charge is 0.135 e. The van der Waals surface area contributed by atoms with E-state index in [4.69, 9.17) is 4.42 Å². The molecule has 0 radical (unpaired) electrons. The number of nitrogens with zero attached hydrogens (tertiary/aromatic N) is 2. The summed E-state index contributed by atoms with van der Waals surface area (Å²) < 4.78 is 8.64. The lowest BCUT2D eigenvalue weighted by atomic mass is 10.00. The van der Waals surface area contributed by atoms with Gasteiger partial charge in [0.25, 0.3) is 0 Å². The maximum atomic E-state index is 6.25. The van der Waals surface area contributed by atoms with Crippen LogP contribution in [0.1, 0.15) is 0 Å². The second-order valence-electron chi connectivity index (χ2n) is 15.8. The maximum absolute atomic E-state index is 6.25. The molecule has 0 N–H and O–H groups in total. The average Bonchev–Trinajstić information content (AvgIpc) is 3.87. The number of aromatic nitrogens is 1. The first kappa shape index (κ1) is 34.9. The molecule has 61 heavy (non-hydrogen) atoms. The van der Waals surface area contributed by atoms with Gasteiger partial charge in [-0.05, 0) is 123 Å². The van der Waals surface area contributed by atoms with Gasteiger partial charge >= 0.3 is 0 Å². The minimum atomic E-state index is 0.881. The molecule has 0 aliphatic carbocycles. The second-order valence-corrected chi connectivity index (χ2v) is 15.8. The molecular formula is C58H38N2O. The Morgan fingerprint density at radius 3 is 1.56 bits per heavy atom. The predicted octanol–water partition coefficient (Wildman–Crippen LogP) is 16.3. The molecule has 3 nitrogen and oxygen atoms in total. The summed E-state index contributed by atoms with van der Waals surface area (Å²) in [6.45, 7) is 0. The van der Waals surface area contributed by atoms with Crippen molar-refractivity contribution in [3.63, 3.8) is 0 Å². The first-order valence-corrected chi connectivity index (χ1v) is 20.8. The van der Waals surface area contributed by atoms with Crippen LogP contribution in [-0.2, 0) is 0 Å². The van der Waals surface area contributed by atoms with Crippen LogP contribution in [0.4, 0.5) is 17.1 Å². The standard InChI is InChI=1S/C58H38N2O/c1-2-10-39(11-3-1)41-18-20-42(21-19-41)43-22-28-47(29-23-43)59(50-33-35-58-54(38-50)52-15-7-9-17-57(52)61-58)48-30-24-44(25-31-48)46-27-34-56-53(37-46)51-14-6-8-16-55(51)60(56)49-32-26-40-12-4-5-13-45(40)36-49/h1-38H. The van der Waals surface area contributed by atoms with Crippen LogP contribution < -0.4 is 4.90 Å². The third-order valence-corrected chi connectivity index (χ3v) is 12.2. The molecule has 0 amide bonds. The number of anilines is 3. The molecule has 2 aromatic heterocycles. The lowest BCUT2D eigenvalue weighted by Gasteiger charge is -2.26. The van der Waals surface area contributed by atoms with E-state index in [-0.39, 0.29) is 0 Å². The Morgan fingerprint density at radius 2 is 0.820 bits per heavy atom. The Morgan fingerprint density at radius 1 is 0.295 bits per heavy atom. The average molecular weight is 779 g/mol. The van der Waals surface area contributed by atoms with Crippen LogP contribution in [-0.4, -0.2) is 4.57 Å². The van der Waals surface area contributed by atoms with Crippen LogP contribution in [0.2, 0.25) is 0 Å². The Balaban J connectivity index is 0.926. The fraction of sp³-hybridized carbons (Fsp3) is 0. The SMILES string of the molecule is c1ccc(-c2ccc(-c3ccc(N(c4ccc(-c5ccc6c(c5)c5ccccc5n6-c5ccc6ccccc6c5)cc4)c4ccc5oc6ccccc6c5c4)cc3)cc2)cc1. The third-order valence-electron chi connectivity index (χ3n) is 12.2. The molecule has 0 atom stereocenters. The maximum Gasteiger partial charge on any atom is 0.135 e. The van der Waals surface area contributed by atoms with Crippen LogP contribution in [0.5, 0.6) is 0 Å². The summed E-state index contributed by atoms with van der Waals surface area (Å²) in [5.41, 5.74) is 15.7. The molecule has 0 spiro atoms. The molecule has 0 bridgehead atoms. The molecule has 0 fully saturated rings. The van der Waals surface area contributed by atoms with Crippen molar-refractivity contribution in [3.05, 3.63) is 231 Å². The molecule has 0 unspecified atom stereocenters. The van der Waals surface area contributed by atoms with Gasteiger partial charge in [0.05, 0.1) is 11.0 Å². The Labute approximate surface area is 353 Å². The van der Waals surface area contributed by atoms with Crippen molar-refractivity contribution in [2.24, 2.45) is 0 Å². The van der Waals surface area contributed by atoms with E-state index in [1.54, 1.807) is 0 Å². The molecule has 3 heteroatoms. The molecule has 0 aliphatic heterocycles. The summed E-state index contributed by atoms with van der Waals surface area (Å²) in [6, 6.07) is 83.0. The third kappa shape index (κ3) is 6.06. The summed E-state index contributed by atoms with van der Waals surface area (Å²) in [5.74, 6) is 0. The van der Waals surface area contributed by atoms with Crippen molar-refractivity contribution in [2.45, 2.75) is 0 Å². The molecule has 10 aromatic carbocycles. The zero-order valence-corrected chi connectivity index (χ0v) is 33.2. The molecule has 12 aromatic rings. The molecule has 0 saturated carbocycles. The van der Waals surface area contributed by atoms with Crippen molar-refractivity contribution < 1.29 is 4.42 Å². The van der Waals surface area contributed by atoms with E-state index in [2.05, 4.69) is 228 Å². The minimum Gasteiger partial charge on any atom is -0.456 e. The van der Waals surface area contributed by atoms with E-state index in [0.717, 1.165) is 44.7 Å². The van der Waals surface area contributed by atoms with Crippen molar-refractivity contribution in [1.82, 2.24) is 4.57 Å². The first-order valence-electron chi connectivity index (χ1n) is 20.8. The Kier molecular flexibility index (Phi) is 8.17. The topological polar surface area (TPSA) is 21.3 Å². The lowest BCUT2D eigenvalue weighted by Crippen LogP contribution is -2.09. The zero-order chi connectivity index (χ0) is 40.3. The van der Waals surface area contributed by atoms with E-state index in [1.165, 1.54) is 66.0 Å². The highest BCUT2D eigenvalue weighted by Gasteiger charge is 2.18. The van der Waals surface area contributed by atoms with Crippen molar-refractivity contribution in [3.8, 4) is 39.1 Å². The Hall–Kier alpha value is -8.14. The monoisotopic (exact) mass is 778 g/mol. The summed E-state index contributed by atoms with van der Waals surface area (Å²) in [6.07, 6.45) is 0. The normalized spacial score (nSPS) is 11.6. The van der Waals surface area contributed by atoms with Gasteiger partial charge in [0.1, 0.15) is 11.2 Å². The number of hydrogen-bond donors (Lipinski definition) is 0. The van der Waals surface area contributed by atoms with Gasteiger partial charge in [-0.3, -0.25) is 0 Å². The van der Waals surface area contributed by atoms with Gasteiger partial charge in [-0.15, -0.1) is 0 Å². The number of rotatable bonds is 7. The van der Waals surface area contributed by atoms with E-state index in [9.17, 15) is 0 Å². The fourth-order valence-electron chi connectivity index (χ4n) is 9.14. The van der Waals surface area contributed by atoms with Gasteiger partial charge in [-0.25, -0.2) is 0 Å². The highest BCUT2D eigenvalue weighted by molar-refractivity contribution is 6.11. The van der Waals surface area contributed by atoms with Gasteiger partial charge in [0.15, 0.2) is 0 Å². The van der Waals surface area contributed by atoms with Gasteiger partial charge < -0.3 is 13.9 Å². The zero-order valence-electron chi connectivity index (χ0n) is 33.2. The number of benzene rings is 10. The van der Waals surface area contributed by atoms with Crippen molar-refractivity contribution in [2.75, 3.05) is 4.90 Å². The summed E-state index contributed by atoms with van der Waals surface area (Å²) in [7, 11) is 0. The quantitative estimate of drug-likeness (QED) is 0.161. The summed E-state index contributed by atoms with van der Waals surface area (Å²) in [5, 5.41) is 7.17. The predicted molar refractivity (Wildman–Crippen MR) is 257 cm³/mol. The number of fused-ring (bicyclic) bond motifs is 7. The van der Waals surface area contributed by atoms with Gasteiger partial charge in [-0.1, -0.05) is 152 Å². The molecule has 12 rings (SSSR count). The van der Waals surface area contributed by atoms with Gasteiger partial charge in [0, 0.05) is 44.3 Å². The van der Waals surface area contributed by atoms with E-state index >= 15 is 0 Å². The highest BCUT2D eigenvalue weighted by atomic mass is 16.3. The molecule has 2 heterocycles. The minimum absolute atomic E-state index is 0.881. The van der Waals surface area contributed by atoms with Crippen LogP contribution in [0.15, 0.2) is 235 Å². The van der Waals surface area contributed by atoms with Gasteiger partial charge in [0.2, 0.25) is 0 Å². The molecular weight excluding hydrogens is 741 g/mol. The Bertz CT molecular complexity index is 3560. The van der Waals surface area contributed by atoms with Crippen molar-refractivity contribution >= 4 is 71.6 Å². The fourth-order valence-corrected chi connectivity index (χ4v) is 9.14. The highest BCUT2D eigenvalue weighted by Crippen LogP contribution is 2.41. The number of furan rings is 1. The summed E-state index contributed by atoms with van der Waals surface area (Å²) in [4.78, 5) is 2.34. The second kappa shape index (κ2) is 14.3. The molecule has 286 valence electrons. The van der Waals surface area contributed by atoms with Crippen LogP contribution in [0, 0.1) is 0 Å².